The van der Waals surface area contributed by atoms with Crippen molar-refractivity contribution in [2.45, 2.75) is 38.7 Å². The van der Waals surface area contributed by atoms with E-state index in [-0.39, 0.29) is 24.2 Å². The Morgan fingerprint density at radius 1 is 1.50 bits per heavy atom. The first-order valence-electron chi connectivity index (χ1n) is 7.42. The van der Waals surface area contributed by atoms with Crippen LogP contribution in [-0.4, -0.2) is 29.6 Å². The monoisotopic (exact) mass is 308 g/mol. The van der Waals surface area contributed by atoms with E-state index >= 15 is 0 Å². The van der Waals surface area contributed by atoms with Crippen molar-refractivity contribution in [3.05, 3.63) is 29.6 Å². The van der Waals surface area contributed by atoms with Gasteiger partial charge in [-0.05, 0) is 37.0 Å². The number of carbonyl (C=O) groups is 2. The SMILES string of the molecule is CC(O)CC(C)CNC(=O)C1CC(=O)Nc2cc(F)ccc21. The van der Waals surface area contributed by atoms with Gasteiger partial charge >= 0.3 is 0 Å². The van der Waals surface area contributed by atoms with Crippen LogP contribution in [-0.2, 0) is 9.59 Å². The van der Waals surface area contributed by atoms with E-state index in [1.807, 2.05) is 6.92 Å². The van der Waals surface area contributed by atoms with Gasteiger partial charge in [-0.2, -0.15) is 0 Å². The minimum absolute atomic E-state index is 0.0508. The number of halogens is 1. The molecule has 1 heterocycles. The Labute approximate surface area is 128 Å². The number of aliphatic hydroxyl groups excluding tert-OH is 1. The van der Waals surface area contributed by atoms with Crippen LogP contribution in [0.3, 0.4) is 0 Å². The molecule has 0 saturated heterocycles. The van der Waals surface area contributed by atoms with Gasteiger partial charge in [0.1, 0.15) is 5.82 Å². The Morgan fingerprint density at radius 3 is 2.91 bits per heavy atom. The van der Waals surface area contributed by atoms with Crippen molar-refractivity contribution in [3.8, 4) is 0 Å². The summed E-state index contributed by atoms with van der Waals surface area (Å²) < 4.78 is 13.2. The van der Waals surface area contributed by atoms with Gasteiger partial charge in [0, 0.05) is 18.7 Å². The number of anilines is 1. The molecule has 1 aromatic rings. The number of fused-ring (bicyclic) bond motifs is 1. The van der Waals surface area contributed by atoms with Gasteiger partial charge in [-0.1, -0.05) is 13.0 Å². The van der Waals surface area contributed by atoms with E-state index in [1.165, 1.54) is 18.2 Å². The Hall–Kier alpha value is -1.95. The zero-order valence-corrected chi connectivity index (χ0v) is 12.7. The van der Waals surface area contributed by atoms with Gasteiger partial charge in [0.15, 0.2) is 0 Å². The van der Waals surface area contributed by atoms with Gasteiger partial charge in [-0.25, -0.2) is 4.39 Å². The Kier molecular flexibility index (Phi) is 5.13. The smallest absolute Gasteiger partial charge is 0.228 e. The average Bonchev–Trinajstić information content (AvgIpc) is 2.42. The molecule has 0 saturated carbocycles. The van der Waals surface area contributed by atoms with Crippen LogP contribution in [0.15, 0.2) is 18.2 Å². The van der Waals surface area contributed by atoms with Crippen LogP contribution in [0.4, 0.5) is 10.1 Å². The van der Waals surface area contributed by atoms with Gasteiger partial charge in [0.2, 0.25) is 11.8 Å². The van der Waals surface area contributed by atoms with Gasteiger partial charge < -0.3 is 15.7 Å². The van der Waals surface area contributed by atoms with Gasteiger partial charge in [-0.15, -0.1) is 0 Å². The van der Waals surface area contributed by atoms with Crippen molar-refractivity contribution in [3.63, 3.8) is 0 Å². The van der Waals surface area contributed by atoms with Crippen molar-refractivity contribution in [1.29, 1.82) is 0 Å². The third kappa shape index (κ3) is 4.04. The highest BCUT2D eigenvalue weighted by Gasteiger charge is 2.30. The topological polar surface area (TPSA) is 78.4 Å². The fourth-order valence-electron chi connectivity index (χ4n) is 2.73. The summed E-state index contributed by atoms with van der Waals surface area (Å²) in [5.74, 6) is -1.47. The molecule has 0 aliphatic carbocycles. The quantitative estimate of drug-likeness (QED) is 0.776. The number of aliphatic hydroxyl groups is 1. The van der Waals surface area contributed by atoms with E-state index in [0.29, 0.717) is 24.2 Å². The predicted molar refractivity (Wildman–Crippen MR) is 80.9 cm³/mol. The normalized spacial score (nSPS) is 19.8. The lowest BCUT2D eigenvalue weighted by Crippen LogP contribution is -2.37. The third-order valence-electron chi connectivity index (χ3n) is 3.74. The lowest BCUT2D eigenvalue weighted by atomic mass is 9.89. The fourth-order valence-corrected chi connectivity index (χ4v) is 2.73. The number of hydrogen-bond donors (Lipinski definition) is 3. The number of benzene rings is 1. The van der Waals surface area contributed by atoms with E-state index in [9.17, 15) is 19.1 Å². The minimum Gasteiger partial charge on any atom is -0.393 e. The zero-order valence-electron chi connectivity index (χ0n) is 12.7. The van der Waals surface area contributed by atoms with Crippen LogP contribution in [0.2, 0.25) is 0 Å². The third-order valence-corrected chi connectivity index (χ3v) is 3.74. The summed E-state index contributed by atoms with van der Waals surface area (Å²) in [4.78, 5) is 24.0. The first-order chi connectivity index (χ1) is 10.4. The Morgan fingerprint density at radius 2 is 2.23 bits per heavy atom. The summed E-state index contributed by atoms with van der Waals surface area (Å²) in [5, 5.41) is 14.7. The lowest BCUT2D eigenvalue weighted by molar-refractivity contribution is -0.126. The van der Waals surface area contributed by atoms with E-state index in [4.69, 9.17) is 0 Å². The molecular formula is C16H21FN2O3. The van der Waals surface area contributed by atoms with Gasteiger partial charge in [0.25, 0.3) is 0 Å². The highest BCUT2D eigenvalue weighted by Crippen LogP contribution is 2.32. The van der Waals surface area contributed by atoms with Crippen LogP contribution in [0.1, 0.15) is 38.2 Å². The summed E-state index contributed by atoms with van der Waals surface area (Å²) in [6, 6.07) is 4.04. The van der Waals surface area contributed by atoms with E-state index < -0.39 is 17.8 Å². The zero-order chi connectivity index (χ0) is 16.3. The summed E-state index contributed by atoms with van der Waals surface area (Å²) in [6.07, 6.45) is 0.221. The molecule has 22 heavy (non-hydrogen) atoms. The Bertz CT molecular complexity index is 575. The lowest BCUT2D eigenvalue weighted by Gasteiger charge is -2.25. The molecular weight excluding hydrogens is 287 g/mol. The molecule has 0 bridgehead atoms. The van der Waals surface area contributed by atoms with Crippen LogP contribution < -0.4 is 10.6 Å². The van der Waals surface area contributed by atoms with E-state index in [1.54, 1.807) is 6.92 Å². The summed E-state index contributed by atoms with van der Waals surface area (Å²) in [5.41, 5.74) is 0.982. The summed E-state index contributed by atoms with van der Waals surface area (Å²) in [6.45, 7) is 4.07. The van der Waals surface area contributed by atoms with Crippen LogP contribution in [0.25, 0.3) is 0 Å². The van der Waals surface area contributed by atoms with Crippen molar-refractivity contribution in [1.82, 2.24) is 5.32 Å². The van der Waals surface area contributed by atoms with E-state index in [2.05, 4.69) is 10.6 Å². The van der Waals surface area contributed by atoms with Crippen LogP contribution in [0.5, 0.6) is 0 Å². The molecule has 2 rings (SSSR count). The molecule has 1 aliphatic rings. The maximum absolute atomic E-state index is 13.2. The molecule has 3 N–H and O–H groups in total. The first-order valence-corrected chi connectivity index (χ1v) is 7.42. The Balaban J connectivity index is 2.06. The molecule has 120 valence electrons. The average molecular weight is 308 g/mol. The molecule has 2 amide bonds. The predicted octanol–water partition coefficient (Wildman–Crippen LogP) is 1.77. The number of rotatable bonds is 5. The second-order valence-electron chi connectivity index (χ2n) is 5.97. The molecule has 1 aliphatic heterocycles. The largest absolute Gasteiger partial charge is 0.393 e. The molecule has 0 fully saturated rings. The maximum atomic E-state index is 13.2. The van der Waals surface area contributed by atoms with Gasteiger partial charge in [0.05, 0.1) is 12.0 Å². The maximum Gasteiger partial charge on any atom is 0.228 e. The summed E-state index contributed by atoms with van der Waals surface area (Å²) >= 11 is 0. The van der Waals surface area contributed by atoms with Crippen molar-refractivity contribution in [2.75, 3.05) is 11.9 Å². The highest BCUT2D eigenvalue weighted by molar-refractivity contribution is 6.01. The standard InChI is InChI=1S/C16H21FN2O3/c1-9(5-10(2)20)8-18-16(22)13-7-15(21)19-14-6-11(17)3-4-12(13)14/h3-4,6,9-10,13,20H,5,7-8H2,1-2H3,(H,18,22)(H,19,21). The number of amides is 2. The van der Waals surface area contributed by atoms with Gasteiger partial charge in [-0.3, -0.25) is 9.59 Å². The number of nitrogens with one attached hydrogen (secondary N) is 2. The number of hydrogen-bond acceptors (Lipinski definition) is 3. The second-order valence-corrected chi connectivity index (χ2v) is 5.97. The fraction of sp³-hybridized carbons (Fsp3) is 0.500. The van der Waals surface area contributed by atoms with E-state index in [0.717, 1.165) is 0 Å². The molecule has 0 aromatic heterocycles. The molecule has 1 aromatic carbocycles. The van der Waals surface area contributed by atoms with Crippen LogP contribution in [0, 0.1) is 11.7 Å². The first kappa shape index (κ1) is 16.4. The molecule has 0 spiro atoms. The molecule has 3 atom stereocenters. The van der Waals surface area contributed by atoms with Crippen molar-refractivity contribution >= 4 is 17.5 Å². The second kappa shape index (κ2) is 6.87. The molecule has 0 radical (unpaired) electrons. The van der Waals surface area contributed by atoms with Crippen LogP contribution >= 0.6 is 0 Å². The molecule has 6 heteroatoms. The molecule has 5 nitrogen and oxygen atoms in total. The summed E-state index contributed by atoms with van der Waals surface area (Å²) in [7, 11) is 0. The highest BCUT2D eigenvalue weighted by atomic mass is 19.1. The van der Waals surface area contributed by atoms with Crippen molar-refractivity contribution in [2.24, 2.45) is 5.92 Å². The minimum atomic E-state index is -0.608. The molecule has 3 unspecified atom stereocenters. The number of carbonyl (C=O) groups excluding carboxylic acids is 2. The van der Waals surface area contributed by atoms with Crippen molar-refractivity contribution < 1.29 is 19.1 Å².